The molecule has 2 bridgehead atoms. The van der Waals surface area contributed by atoms with Crippen LogP contribution in [0.25, 0.3) is 0 Å². The molecule has 1 aromatic heterocycles. The molecule has 1 amide bonds. The molecule has 5 nitrogen and oxygen atoms in total. The van der Waals surface area contributed by atoms with Crippen molar-refractivity contribution in [2.75, 3.05) is 6.54 Å². The number of rotatable bonds is 4. The summed E-state index contributed by atoms with van der Waals surface area (Å²) in [5.74, 6) is 2.28. The molecule has 2 saturated carbocycles. The molecule has 1 aromatic rings. The molecule has 4 atom stereocenters. The van der Waals surface area contributed by atoms with Crippen LogP contribution in [0.2, 0.25) is 0 Å². The lowest BCUT2D eigenvalue weighted by molar-refractivity contribution is -0.127. The van der Waals surface area contributed by atoms with Crippen molar-refractivity contribution < 1.29 is 4.79 Å². The molecule has 0 aliphatic heterocycles. The Bertz CT molecular complexity index is 468. The predicted octanol–water partition coefficient (Wildman–Crippen LogP) is 0.681. The maximum Gasteiger partial charge on any atom is 0.225 e. The number of nitrogens with one attached hydrogen (secondary N) is 1. The van der Waals surface area contributed by atoms with Crippen molar-refractivity contribution in [3.63, 3.8) is 0 Å². The highest BCUT2D eigenvalue weighted by Crippen LogP contribution is 2.47. The van der Waals surface area contributed by atoms with Crippen LogP contribution >= 0.6 is 0 Å². The molecule has 0 spiro atoms. The van der Waals surface area contributed by atoms with Gasteiger partial charge in [-0.15, -0.1) is 0 Å². The van der Waals surface area contributed by atoms with Gasteiger partial charge in [0.25, 0.3) is 0 Å². The zero-order chi connectivity index (χ0) is 13.4. The first-order valence-corrected chi connectivity index (χ1v) is 7.18. The van der Waals surface area contributed by atoms with Gasteiger partial charge in [0.15, 0.2) is 0 Å². The zero-order valence-corrected chi connectivity index (χ0v) is 11.4. The van der Waals surface area contributed by atoms with Crippen LogP contribution in [0.1, 0.15) is 25.1 Å². The number of imidazole rings is 1. The van der Waals surface area contributed by atoms with Crippen molar-refractivity contribution in [2.45, 2.75) is 38.8 Å². The minimum Gasteiger partial charge on any atom is -0.354 e. The first kappa shape index (κ1) is 12.7. The highest BCUT2D eigenvalue weighted by Gasteiger charge is 2.48. The molecule has 0 saturated heterocycles. The van der Waals surface area contributed by atoms with E-state index in [1.807, 2.05) is 17.7 Å². The van der Waals surface area contributed by atoms with Crippen molar-refractivity contribution in [3.05, 3.63) is 18.2 Å². The van der Waals surface area contributed by atoms with Gasteiger partial charge in [0, 0.05) is 31.5 Å². The van der Waals surface area contributed by atoms with E-state index in [-0.39, 0.29) is 17.9 Å². The third-order valence-corrected chi connectivity index (χ3v) is 4.86. The highest BCUT2D eigenvalue weighted by molar-refractivity contribution is 5.80. The molecular formula is C14H22N4O. The van der Waals surface area contributed by atoms with E-state index in [1.54, 1.807) is 6.20 Å². The third kappa shape index (κ3) is 2.27. The number of hydrogen-bond acceptors (Lipinski definition) is 3. The molecule has 4 unspecified atom stereocenters. The molecule has 1 heterocycles. The van der Waals surface area contributed by atoms with Crippen molar-refractivity contribution in [1.29, 1.82) is 0 Å². The number of nitrogens with two attached hydrogens (primary N) is 1. The Morgan fingerprint density at radius 1 is 1.53 bits per heavy atom. The van der Waals surface area contributed by atoms with Gasteiger partial charge in [0.05, 0.1) is 5.92 Å². The van der Waals surface area contributed by atoms with Gasteiger partial charge in [0.1, 0.15) is 5.82 Å². The fourth-order valence-corrected chi connectivity index (χ4v) is 3.78. The average molecular weight is 262 g/mol. The number of carbonyl (C=O) groups excluding carboxylic acids is 1. The second kappa shape index (κ2) is 4.96. The summed E-state index contributed by atoms with van der Waals surface area (Å²) in [5, 5.41) is 3.04. The van der Waals surface area contributed by atoms with Crippen LogP contribution in [0.5, 0.6) is 0 Å². The predicted molar refractivity (Wildman–Crippen MR) is 72.3 cm³/mol. The van der Waals surface area contributed by atoms with Crippen LogP contribution in [-0.4, -0.2) is 28.0 Å². The van der Waals surface area contributed by atoms with Gasteiger partial charge < -0.3 is 15.6 Å². The number of carbonyl (C=O) groups is 1. The fourth-order valence-electron chi connectivity index (χ4n) is 3.78. The van der Waals surface area contributed by atoms with Gasteiger partial charge in [-0.25, -0.2) is 4.98 Å². The van der Waals surface area contributed by atoms with E-state index in [4.69, 9.17) is 5.73 Å². The second-order valence-electron chi connectivity index (χ2n) is 5.90. The van der Waals surface area contributed by atoms with Crippen molar-refractivity contribution in [1.82, 2.24) is 14.9 Å². The third-order valence-electron chi connectivity index (χ3n) is 4.86. The average Bonchev–Trinajstić information content (AvgIpc) is 3.06. The summed E-state index contributed by atoms with van der Waals surface area (Å²) in [4.78, 5) is 16.4. The van der Waals surface area contributed by atoms with Crippen molar-refractivity contribution >= 4 is 5.91 Å². The van der Waals surface area contributed by atoms with E-state index < -0.39 is 0 Å². The summed E-state index contributed by atoms with van der Waals surface area (Å²) < 4.78 is 2.04. The number of fused-ring (bicyclic) bond motifs is 2. The van der Waals surface area contributed by atoms with Gasteiger partial charge in [-0.2, -0.15) is 0 Å². The molecule has 104 valence electrons. The summed E-state index contributed by atoms with van der Waals surface area (Å²) in [6, 6.07) is 0.0775. The normalized spacial score (nSPS) is 32.7. The number of hydrogen-bond donors (Lipinski definition) is 2. The maximum absolute atomic E-state index is 12.2. The topological polar surface area (TPSA) is 72.9 Å². The Morgan fingerprint density at radius 2 is 2.32 bits per heavy atom. The van der Waals surface area contributed by atoms with Crippen LogP contribution < -0.4 is 11.1 Å². The van der Waals surface area contributed by atoms with Crippen LogP contribution in [0.4, 0.5) is 0 Å². The summed E-state index contributed by atoms with van der Waals surface area (Å²) in [6.07, 6.45) is 7.26. The lowest BCUT2D eigenvalue weighted by atomic mass is 9.84. The lowest BCUT2D eigenvalue weighted by Crippen LogP contribution is -2.45. The van der Waals surface area contributed by atoms with Gasteiger partial charge in [-0.3, -0.25) is 4.79 Å². The van der Waals surface area contributed by atoms with Crippen molar-refractivity contribution in [2.24, 2.45) is 23.5 Å². The van der Waals surface area contributed by atoms with Crippen LogP contribution in [0.3, 0.4) is 0 Å². The second-order valence-corrected chi connectivity index (χ2v) is 5.90. The van der Waals surface area contributed by atoms with Gasteiger partial charge in [-0.05, 0) is 38.0 Å². The number of aromatic nitrogens is 2. The minimum absolute atomic E-state index is 0.0441. The highest BCUT2D eigenvalue weighted by atomic mass is 16.1. The fraction of sp³-hybridized carbons (Fsp3) is 0.714. The number of nitrogens with zero attached hydrogens (tertiary/aromatic N) is 2. The van der Waals surface area contributed by atoms with E-state index in [1.165, 1.54) is 12.8 Å². The first-order valence-electron chi connectivity index (χ1n) is 7.18. The smallest absolute Gasteiger partial charge is 0.225 e. The van der Waals surface area contributed by atoms with E-state index in [0.717, 1.165) is 18.8 Å². The Labute approximate surface area is 113 Å². The van der Waals surface area contributed by atoms with Gasteiger partial charge in [0.2, 0.25) is 5.91 Å². The number of aryl methyl sites for hydroxylation is 1. The maximum atomic E-state index is 12.2. The summed E-state index contributed by atoms with van der Waals surface area (Å²) in [5.41, 5.74) is 6.18. The van der Waals surface area contributed by atoms with Crippen LogP contribution in [-0.2, 0) is 11.3 Å². The quantitative estimate of drug-likeness (QED) is 0.838. The molecule has 0 radical (unpaired) electrons. The molecular weight excluding hydrogens is 240 g/mol. The SMILES string of the molecule is Cc1nccn1CCNC(=O)C1C2CCC(C2)C1N. The Balaban J connectivity index is 1.51. The van der Waals surface area contributed by atoms with Crippen molar-refractivity contribution in [3.8, 4) is 0 Å². The Morgan fingerprint density at radius 3 is 2.95 bits per heavy atom. The molecule has 2 fully saturated rings. The molecule has 3 rings (SSSR count). The van der Waals surface area contributed by atoms with E-state index in [2.05, 4.69) is 10.3 Å². The molecule has 0 aromatic carbocycles. The summed E-state index contributed by atoms with van der Waals surface area (Å²) >= 11 is 0. The van der Waals surface area contributed by atoms with Gasteiger partial charge >= 0.3 is 0 Å². The zero-order valence-electron chi connectivity index (χ0n) is 11.4. The van der Waals surface area contributed by atoms with Crippen LogP contribution in [0.15, 0.2) is 12.4 Å². The minimum atomic E-state index is 0.0441. The van der Waals surface area contributed by atoms with E-state index >= 15 is 0 Å². The van der Waals surface area contributed by atoms with E-state index in [9.17, 15) is 4.79 Å². The van der Waals surface area contributed by atoms with Crippen LogP contribution in [0, 0.1) is 24.7 Å². The molecule has 2 aliphatic rings. The Hall–Kier alpha value is -1.36. The standard InChI is InChI=1S/C14H22N4O/c1-9-16-4-6-18(9)7-5-17-14(19)12-10-2-3-11(8-10)13(12)15/h4,6,10-13H,2-3,5,7-8,15H2,1H3,(H,17,19). The largest absolute Gasteiger partial charge is 0.354 e. The van der Waals surface area contributed by atoms with E-state index in [0.29, 0.717) is 18.4 Å². The molecule has 19 heavy (non-hydrogen) atoms. The first-order chi connectivity index (χ1) is 9.16. The van der Waals surface area contributed by atoms with Gasteiger partial charge in [-0.1, -0.05) is 0 Å². The Kier molecular flexibility index (Phi) is 3.31. The number of amides is 1. The molecule has 5 heteroatoms. The monoisotopic (exact) mass is 262 g/mol. The molecule has 3 N–H and O–H groups in total. The summed E-state index contributed by atoms with van der Waals surface area (Å²) in [7, 11) is 0. The molecule has 2 aliphatic carbocycles. The summed E-state index contributed by atoms with van der Waals surface area (Å²) in [6.45, 7) is 3.39. The lowest BCUT2D eigenvalue weighted by Gasteiger charge is -2.27.